The van der Waals surface area contributed by atoms with Gasteiger partial charge in [-0.3, -0.25) is 4.79 Å². The van der Waals surface area contributed by atoms with Crippen LogP contribution in [0.5, 0.6) is 0 Å². The number of rotatable bonds is 6. The summed E-state index contributed by atoms with van der Waals surface area (Å²) in [6.07, 6.45) is 0.261. The van der Waals surface area contributed by atoms with Crippen molar-refractivity contribution < 1.29 is 19.4 Å². The lowest BCUT2D eigenvalue weighted by Gasteiger charge is -2.15. The lowest BCUT2D eigenvalue weighted by molar-refractivity contribution is -0.142. The van der Waals surface area contributed by atoms with Crippen molar-refractivity contribution in [2.75, 3.05) is 13.7 Å². The van der Waals surface area contributed by atoms with Crippen molar-refractivity contribution in [3.05, 3.63) is 35.4 Å². The minimum absolute atomic E-state index is 0.141. The number of nitrogens with one attached hydrogen (secondary N) is 1. The Morgan fingerprint density at radius 3 is 2.61 bits per heavy atom. The van der Waals surface area contributed by atoms with Gasteiger partial charge >= 0.3 is 5.97 Å². The Morgan fingerprint density at radius 1 is 1.39 bits per heavy atom. The molecule has 0 radical (unpaired) electrons. The summed E-state index contributed by atoms with van der Waals surface area (Å²) in [4.78, 5) is 22.4. The van der Waals surface area contributed by atoms with Crippen LogP contribution in [0.2, 0.25) is 0 Å². The highest BCUT2D eigenvalue weighted by atomic mass is 16.5. The molecule has 5 nitrogen and oxygen atoms in total. The van der Waals surface area contributed by atoms with Crippen molar-refractivity contribution in [2.45, 2.75) is 19.4 Å². The van der Waals surface area contributed by atoms with Gasteiger partial charge in [0.05, 0.1) is 0 Å². The molecule has 0 unspecified atom stereocenters. The quantitative estimate of drug-likeness (QED) is 0.782. The summed E-state index contributed by atoms with van der Waals surface area (Å²) >= 11 is 0. The molecule has 0 saturated heterocycles. The maximum absolute atomic E-state index is 11.3. The number of aryl methyl sites for hydroxylation is 1. The van der Waals surface area contributed by atoms with Crippen LogP contribution in [-0.4, -0.2) is 36.7 Å². The normalized spacial score (nSPS) is 11.9. The van der Waals surface area contributed by atoms with E-state index in [9.17, 15) is 9.59 Å². The lowest BCUT2D eigenvalue weighted by atomic mass is 10.0. The summed E-state index contributed by atoms with van der Waals surface area (Å²) in [5.74, 6) is -1.49. The van der Waals surface area contributed by atoms with Gasteiger partial charge in [0.2, 0.25) is 5.91 Å². The molecule has 0 saturated carbocycles. The SMILES string of the molecule is COCC(=O)N[C@H](Cc1ccccc1C)C(=O)O. The molecule has 0 heterocycles. The Balaban J connectivity index is 2.72. The smallest absolute Gasteiger partial charge is 0.326 e. The molecular formula is C13H17NO4. The van der Waals surface area contributed by atoms with Gasteiger partial charge in [0.1, 0.15) is 12.6 Å². The number of carbonyl (C=O) groups excluding carboxylic acids is 1. The van der Waals surface area contributed by atoms with Crippen LogP contribution in [0.1, 0.15) is 11.1 Å². The second kappa shape index (κ2) is 6.76. The number of ether oxygens (including phenoxy) is 1. The zero-order chi connectivity index (χ0) is 13.5. The van der Waals surface area contributed by atoms with Gasteiger partial charge in [-0.25, -0.2) is 4.79 Å². The van der Waals surface area contributed by atoms with E-state index in [1.54, 1.807) is 0 Å². The number of hydrogen-bond donors (Lipinski definition) is 2. The number of hydrogen-bond acceptors (Lipinski definition) is 3. The number of aliphatic carboxylic acids is 1. The number of amides is 1. The Kier molecular flexibility index (Phi) is 5.32. The molecule has 0 aliphatic heterocycles. The molecule has 2 N–H and O–H groups in total. The molecule has 1 aromatic carbocycles. The Morgan fingerprint density at radius 2 is 2.06 bits per heavy atom. The van der Waals surface area contributed by atoms with E-state index in [-0.39, 0.29) is 13.0 Å². The highest BCUT2D eigenvalue weighted by Crippen LogP contribution is 2.10. The zero-order valence-corrected chi connectivity index (χ0v) is 10.5. The van der Waals surface area contributed by atoms with E-state index in [1.807, 2.05) is 31.2 Å². The van der Waals surface area contributed by atoms with Gasteiger partial charge in [-0.05, 0) is 18.1 Å². The summed E-state index contributed by atoms with van der Waals surface area (Å²) < 4.78 is 4.65. The lowest BCUT2D eigenvalue weighted by Crippen LogP contribution is -2.43. The minimum atomic E-state index is -1.05. The molecule has 18 heavy (non-hydrogen) atoms. The topological polar surface area (TPSA) is 75.6 Å². The van der Waals surface area contributed by atoms with E-state index in [4.69, 9.17) is 5.11 Å². The van der Waals surface area contributed by atoms with E-state index in [1.165, 1.54) is 7.11 Å². The number of carboxylic acids is 1. The summed E-state index contributed by atoms with van der Waals surface area (Å²) in [6.45, 7) is 1.77. The molecule has 1 rings (SSSR count). The zero-order valence-electron chi connectivity index (χ0n) is 10.5. The van der Waals surface area contributed by atoms with Crippen LogP contribution in [-0.2, 0) is 20.7 Å². The first-order chi connectivity index (χ1) is 8.54. The fourth-order valence-electron chi connectivity index (χ4n) is 1.63. The predicted octanol–water partition coefficient (Wildman–Crippen LogP) is 0.753. The van der Waals surface area contributed by atoms with Crippen molar-refractivity contribution >= 4 is 11.9 Å². The second-order valence-electron chi connectivity index (χ2n) is 4.02. The van der Waals surface area contributed by atoms with Crippen molar-refractivity contribution in [1.82, 2.24) is 5.32 Å². The molecule has 0 aliphatic carbocycles. The number of carbonyl (C=O) groups is 2. The summed E-state index contributed by atoms with van der Waals surface area (Å²) in [5, 5.41) is 11.5. The maximum Gasteiger partial charge on any atom is 0.326 e. The Labute approximate surface area is 106 Å². The van der Waals surface area contributed by atoms with Gasteiger partial charge < -0.3 is 15.2 Å². The third-order valence-electron chi connectivity index (χ3n) is 2.59. The van der Waals surface area contributed by atoms with Crippen LogP contribution >= 0.6 is 0 Å². The van der Waals surface area contributed by atoms with E-state index in [0.717, 1.165) is 11.1 Å². The van der Waals surface area contributed by atoms with Gasteiger partial charge in [-0.2, -0.15) is 0 Å². The van der Waals surface area contributed by atoms with Gasteiger partial charge in [0.25, 0.3) is 0 Å². The monoisotopic (exact) mass is 251 g/mol. The summed E-state index contributed by atoms with van der Waals surface area (Å²) in [7, 11) is 1.39. The van der Waals surface area contributed by atoms with Gasteiger partial charge in [0.15, 0.2) is 0 Å². The average Bonchev–Trinajstić information content (AvgIpc) is 2.31. The highest BCUT2D eigenvalue weighted by Gasteiger charge is 2.20. The fraction of sp³-hybridized carbons (Fsp3) is 0.385. The second-order valence-corrected chi connectivity index (χ2v) is 4.02. The molecule has 0 bridgehead atoms. The van der Waals surface area contributed by atoms with E-state index < -0.39 is 17.9 Å². The van der Waals surface area contributed by atoms with E-state index >= 15 is 0 Å². The van der Waals surface area contributed by atoms with Crippen LogP contribution in [0.3, 0.4) is 0 Å². The molecule has 0 spiro atoms. The third-order valence-corrected chi connectivity index (χ3v) is 2.59. The van der Waals surface area contributed by atoms with Crippen molar-refractivity contribution in [3.8, 4) is 0 Å². The molecule has 1 amide bonds. The van der Waals surface area contributed by atoms with Crippen LogP contribution in [0.4, 0.5) is 0 Å². The molecule has 1 atom stereocenters. The van der Waals surface area contributed by atoms with Gasteiger partial charge in [-0.1, -0.05) is 24.3 Å². The largest absolute Gasteiger partial charge is 0.480 e. The van der Waals surface area contributed by atoms with Gasteiger partial charge in [0, 0.05) is 13.5 Å². The standard InChI is InChI=1S/C13H17NO4/c1-9-5-3-4-6-10(9)7-11(13(16)17)14-12(15)8-18-2/h3-6,11H,7-8H2,1-2H3,(H,14,15)(H,16,17)/t11-/m1/s1. The number of carboxylic acid groups (broad SMARTS) is 1. The fourth-order valence-corrected chi connectivity index (χ4v) is 1.63. The van der Waals surface area contributed by atoms with E-state index in [0.29, 0.717) is 0 Å². The predicted molar refractivity (Wildman–Crippen MR) is 66.3 cm³/mol. The molecule has 5 heteroatoms. The third kappa shape index (κ3) is 4.18. The van der Waals surface area contributed by atoms with Crippen LogP contribution in [0.15, 0.2) is 24.3 Å². The molecule has 98 valence electrons. The highest BCUT2D eigenvalue weighted by molar-refractivity contribution is 5.84. The van der Waals surface area contributed by atoms with Crippen molar-refractivity contribution in [2.24, 2.45) is 0 Å². The summed E-state index contributed by atoms with van der Waals surface area (Å²) in [5.41, 5.74) is 1.91. The number of methoxy groups -OCH3 is 1. The van der Waals surface area contributed by atoms with Crippen LogP contribution in [0, 0.1) is 6.92 Å². The van der Waals surface area contributed by atoms with Crippen LogP contribution in [0.25, 0.3) is 0 Å². The van der Waals surface area contributed by atoms with Crippen molar-refractivity contribution in [1.29, 1.82) is 0 Å². The van der Waals surface area contributed by atoms with Crippen LogP contribution < -0.4 is 5.32 Å². The molecule has 0 aliphatic rings. The molecule has 0 aromatic heterocycles. The first-order valence-corrected chi connectivity index (χ1v) is 5.60. The van der Waals surface area contributed by atoms with Crippen molar-refractivity contribution in [3.63, 3.8) is 0 Å². The maximum atomic E-state index is 11.3. The minimum Gasteiger partial charge on any atom is -0.480 e. The van der Waals surface area contributed by atoms with E-state index in [2.05, 4.69) is 10.1 Å². The van der Waals surface area contributed by atoms with Gasteiger partial charge in [-0.15, -0.1) is 0 Å². The Bertz CT molecular complexity index is 431. The first kappa shape index (κ1) is 14.2. The first-order valence-electron chi connectivity index (χ1n) is 5.60. The Hall–Kier alpha value is -1.88. The molecule has 1 aromatic rings. The molecular weight excluding hydrogens is 234 g/mol. The molecule has 0 fully saturated rings. The average molecular weight is 251 g/mol. The summed E-state index contributed by atoms with van der Waals surface area (Å²) in [6, 6.07) is 6.56. The number of benzene rings is 1.